The first-order valence-corrected chi connectivity index (χ1v) is 41.9. The third kappa shape index (κ3) is 23.6. The average Bonchev–Trinajstić information content (AvgIpc) is 1.51. The lowest BCUT2D eigenvalue weighted by Crippen LogP contribution is -2.34. The third-order valence-electron chi connectivity index (χ3n) is 22.6. The molecule has 0 saturated carbocycles. The maximum absolute atomic E-state index is 13.8. The Balaban J connectivity index is 0.000000273. The lowest BCUT2D eigenvalue weighted by Gasteiger charge is -2.37. The molecule has 0 aliphatic carbocycles. The van der Waals surface area contributed by atoms with Crippen molar-refractivity contribution in [2.24, 2.45) is 0 Å². The number of hydrogen-bond acceptors (Lipinski definition) is 36. The fourth-order valence-electron chi connectivity index (χ4n) is 15.3. The van der Waals surface area contributed by atoms with Gasteiger partial charge in [0.15, 0.2) is 11.2 Å². The topological polar surface area (TPSA) is 604 Å². The predicted octanol–water partition coefficient (Wildman–Crippen LogP) is 16.6. The van der Waals surface area contributed by atoms with E-state index in [4.69, 9.17) is 91.4 Å². The molecular weight excluding hydrogens is 1870 g/mol. The quantitative estimate of drug-likeness (QED) is 0.0222. The molecule has 5 heterocycles. The Bertz CT molecular complexity index is 6560. The van der Waals surface area contributed by atoms with Gasteiger partial charge >= 0.3 is 72.7 Å². The first-order chi connectivity index (χ1) is 67.3. The van der Waals surface area contributed by atoms with Gasteiger partial charge in [-0.15, -0.1) is 0 Å². The van der Waals surface area contributed by atoms with Crippen LogP contribution in [0.4, 0.5) is 64.7 Å². The van der Waals surface area contributed by atoms with Gasteiger partial charge in [0.05, 0.1) is 113 Å². The minimum absolute atomic E-state index is 0.0163. The normalized spacial score (nSPS) is 13.8. The molecule has 3 N–H and O–H groups in total. The summed E-state index contributed by atoms with van der Waals surface area (Å²) >= 11 is 0. The molecule has 1 saturated heterocycles. The molecule has 1 fully saturated rings. The minimum atomic E-state index is -1.58. The monoisotopic (exact) mass is 1960 g/mol. The molecular formula is C97H88N8O37. The highest BCUT2D eigenvalue weighted by Crippen LogP contribution is 2.60. The van der Waals surface area contributed by atoms with E-state index in [1.807, 2.05) is 65.8 Å². The molecule has 738 valence electrons. The number of rotatable bonds is 19. The lowest BCUT2D eigenvalue weighted by molar-refractivity contribution is -0.386. The molecule has 4 amide bonds. The van der Waals surface area contributed by atoms with Crippen molar-refractivity contribution >= 4 is 118 Å². The van der Waals surface area contributed by atoms with Crippen LogP contribution in [0, 0.1) is 40.5 Å². The van der Waals surface area contributed by atoms with E-state index in [9.17, 15) is 88.7 Å². The van der Waals surface area contributed by atoms with Gasteiger partial charge < -0.3 is 57.2 Å². The number of aromatic carboxylic acids is 1. The zero-order valence-electron chi connectivity index (χ0n) is 77.7. The summed E-state index contributed by atoms with van der Waals surface area (Å²) in [6.45, 7) is 13.2. The van der Waals surface area contributed by atoms with Crippen LogP contribution in [0.3, 0.4) is 0 Å². The van der Waals surface area contributed by atoms with E-state index >= 15 is 0 Å². The number of esters is 4. The van der Waals surface area contributed by atoms with Crippen LogP contribution < -0.4 is 29.1 Å². The van der Waals surface area contributed by atoms with E-state index in [2.05, 4.69) is 6.92 Å². The molecule has 0 aromatic heterocycles. The van der Waals surface area contributed by atoms with Crippen molar-refractivity contribution in [1.29, 1.82) is 0 Å². The van der Waals surface area contributed by atoms with Crippen LogP contribution in [0.1, 0.15) is 180 Å². The summed E-state index contributed by atoms with van der Waals surface area (Å²) < 4.78 is 62.1. The number of carbonyl (C=O) groups excluding carboxylic acids is 14. The third-order valence-corrected chi connectivity index (χ3v) is 22.6. The highest BCUT2D eigenvalue weighted by atomic mass is 17.0. The van der Waals surface area contributed by atoms with Gasteiger partial charge in [-0.2, -0.15) is 28.8 Å². The average molecular weight is 1960 g/mol. The van der Waals surface area contributed by atoms with Crippen molar-refractivity contribution in [3.8, 4) is 23.0 Å². The zero-order chi connectivity index (χ0) is 105. The van der Waals surface area contributed by atoms with Crippen molar-refractivity contribution in [3.05, 3.63) is 323 Å². The molecule has 5 aliphatic rings. The van der Waals surface area contributed by atoms with E-state index in [0.717, 1.165) is 77.0 Å². The van der Waals surface area contributed by atoms with Gasteiger partial charge in [-0.25, -0.2) is 43.2 Å². The number of fused-ring (bicyclic) bond motifs is 12. The standard InChI is InChI=1S/C46H40N4O15.C43H36N4O13.C5H10O.3CO2.H2O2/c1-45(2,3)29-10-13-32-35(20-29)46(65-42(32)53)33-14-11-30(47(4)43(54)62-23-27-18-25(40(51)60-6)8-16-36(27)49(56)57)21-38(33)64-39-22-31(12-15-34(39)46)48(5)44(55)63-24-28-19-26(41(52)61-7)9-17-37(28)50(58)59;1-42(2,3)27-11-14-30-33(19-27)43(60-39(30)50)31-15-12-28(44(4)40(51)57-22-25-8-6-7-9-34(25)46(53)54)20-36(31)59-37-21-29(13-16-32(37)43)45(5)41(52)58-23-26-18-24(38(48)49)10-17-35(26)47(55)56;1-5-3-2-4-6-5;3*2-1-3;1-2/h8-22H,23-24H2,1-7H3;6-21H,22-23H2,1-5H3,(H,48,49);5H,2-4H2,1H3;;;;1-2H. The molecule has 2 spiro atoms. The van der Waals surface area contributed by atoms with Crippen LogP contribution in [0.25, 0.3) is 0 Å². The van der Waals surface area contributed by atoms with Gasteiger partial charge in [0.25, 0.3) is 22.7 Å². The van der Waals surface area contributed by atoms with Crippen LogP contribution in [0.15, 0.2) is 188 Å². The van der Waals surface area contributed by atoms with Crippen molar-refractivity contribution in [1.82, 2.24) is 0 Å². The van der Waals surface area contributed by atoms with Crippen molar-refractivity contribution < 1.29 is 159 Å². The molecule has 45 nitrogen and oxygen atoms in total. The number of benzene rings is 10. The number of hydrogen-bond donors (Lipinski definition) is 3. The van der Waals surface area contributed by atoms with Crippen LogP contribution >= 0.6 is 0 Å². The molecule has 0 radical (unpaired) electrons. The Morgan fingerprint density at radius 1 is 0.408 bits per heavy atom. The molecule has 45 heteroatoms. The van der Waals surface area contributed by atoms with E-state index in [0.29, 0.717) is 56.3 Å². The smallest absolute Gasteiger partial charge is 0.414 e. The van der Waals surface area contributed by atoms with Crippen LogP contribution in [-0.4, -0.2) is 163 Å². The van der Waals surface area contributed by atoms with E-state index < -0.39 is 111 Å². The molecule has 15 rings (SSSR count). The summed E-state index contributed by atoms with van der Waals surface area (Å²) in [7, 11) is 7.95. The molecule has 142 heavy (non-hydrogen) atoms. The number of methoxy groups -OCH3 is 2. The number of ether oxygens (including phenoxy) is 11. The summed E-state index contributed by atoms with van der Waals surface area (Å²) in [6.07, 6.45) is 0.212. The molecule has 2 unspecified atom stereocenters. The number of nitro groups is 4. The predicted molar refractivity (Wildman–Crippen MR) is 488 cm³/mol. The Hall–Kier alpha value is -18.2. The fourth-order valence-corrected chi connectivity index (χ4v) is 15.3. The van der Waals surface area contributed by atoms with Crippen LogP contribution in [0.2, 0.25) is 0 Å². The summed E-state index contributed by atoms with van der Waals surface area (Å²) in [6, 6.07) is 46.1. The number of para-hydroxylation sites is 1. The van der Waals surface area contributed by atoms with Gasteiger partial charge in [0, 0.05) is 117 Å². The lowest BCUT2D eigenvalue weighted by atomic mass is 9.75. The Morgan fingerprint density at radius 2 is 0.697 bits per heavy atom. The number of anilines is 4. The second kappa shape index (κ2) is 46.1. The second-order valence-corrected chi connectivity index (χ2v) is 33.1. The molecule has 5 aliphatic heterocycles. The molecule has 2 atom stereocenters. The van der Waals surface area contributed by atoms with Gasteiger partial charge in [-0.3, -0.25) is 70.6 Å². The molecule has 10 aromatic carbocycles. The molecule has 0 bridgehead atoms. The SMILES string of the molecule is CC1CCCO1.CN(C(=O)OCc1ccccc1[N+](=O)[O-])c1ccc2c(c1)Oc1cc(N(C)C(=O)OCc3cc(C(=O)O)ccc3[N+](=O)[O-])ccc1C21OC(=O)c2ccc(C(C)(C)C)cc21.COC(=O)c1ccc([N+](=O)[O-])c(COC(=O)N(C)c2ccc3c(c2)Oc2cc(N(C)C(=O)OCc4cc(C(=O)OC)ccc4[N+](=O)[O-])ccc2C32OC(=O)c3ccc(C(C)(C)C)cc32)c1.O=C=O.O=C=O.O=C=O.OO. The number of carbonyl (C=O) groups is 9. The highest BCUT2D eigenvalue weighted by Gasteiger charge is 2.56. The van der Waals surface area contributed by atoms with Crippen molar-refractivity contribution in [2.75, 3.05) is 68.6 Å². The largest absolute Gasteiger partial charge is 0.478 e. The first-order valence-electron chi connectivity index (χ1n) is 41.9. The summed E-state index contributed by atoms with van der Waals surface area (Å²) in [5.41, 5.74) is 0.758. The van der Waals surface area contributed by atoms with Crippen molar-refractivity contribution in [3.63, 3.8) is 0 Å². The number of nitrogens with zero attached hydrogens (tertiary/aromatic N) is 8. The van der Waals surface area contributed by atoms with Gasteiger partial charge in [0.2, 0.25) is 0 Å². The van der Waals surface area contributed by atoms with Gasteiger partial charge in [-0.1, -0.05) is 65.8 Å². The Morgan fingerprint density at radius 3 is 0.965 bits per heavy atom. The first kappa shape index (κ1) is 108. The van der Waals surface area contributed by atoms with Gasteiger partial charge in [0.1, 0.15) is 49.4 Å². The number of carboxylic acids is 1. The van der Waals surface area contributed by atoms with Crippen molar-refractivity contribution in [2.45, 2.75) is 116 Å². The second-order valence-electron chi connectivity index (χ2n) is 33.1. The van der Waals surface area contributed by atoms with Gasteiger partial charge in [-0.05, 0) is 157 Å². The number of nitro benzene ring substituents is 4. The maximum Gasteiger partial charge on any atom is 0.414 e. The zero-order valence-corrected chi connectivity index (χ0v) is 77.7. The highest BCUT2D eigenvalue weighted by molar-refractivity contribution is 6.00. The van der Waals surface area contributed by atoms with E-state index in [-0.39, 0.29) is 132 Å². The van der Waals surface area contributed by atoms with Crippen LogP contribution in [-0.2, 0) is 120 Å². The van der Waals surface area contributed by atoms with E-state index in [1.165, 1.54) is 107 Å². The summed E-state index contributed by atoms with van der Waals surface area (Å²) in [5, 5.41) is 68.0. The number of carboxylic acid groups (broad SMARTS) is 1. The van der Waals surface area contributed by atoms with E-state index in [1.54, 1.807) is 72.8 Å². The minimum Gasteiger partial charge on any atom is -0.478 e. The Kier molecular flexibility index (Phi) is 34.9. The summed E-state index contributed by atoms with van der Waals surface area (Å²) in [4.78, 5) is 214. The summed E-state index contributed by atoms with van der Waals surface area (Å²) in [5.74, 6) is -3.33. The van der Waals surface area contributed by atoms with Crippen LogP contribution in [0.5, 0.6) is 23.0 Å². The molecule has 10 aromatic rings. The Labute approximate surface area is 804 Å². The number of amides is 4. The maximum atomic E-state index is 13.8. The fraction of sp³-hybridized carbons (Fsp3) is 0.258.